The highest BCUT2D eigenvalue weighted by molar-refractivity contribution is 5.78. The van der Waals surface area contributed by atoms with Crippen LogP contribution in [0.25, 0.3) is 11.0 Å². The zero-order valence-corrected chi connectivity index (χ0v) is 11.7. The van der Waals surface area contributed by atoms with Crippen LogP contribution in [0.15, 0.2) is 42.5 Å². The van der Waals surface area contributed by atoms with Gasteiger partial charge in [-0.3, -0.25) is 0 Å². The van der Waals surface area contributed by atoms with Gasteiger partial charge in [-0.1, -0.05) is 42.0 Å². The third-order valence-corrected chi connectivity index (χ3v) is 3.64. The van der Waals surface area contributed by atoms with Gasteiger partial charge in [0.05, 0.1) is 11.0 Å². The molecule has 0 bridgehead atoms. The zero-order chi connectivity index (χ0) is 13.9. The molecule has 0 spiro atoms. The average molecular weight is 265 g/mol. The van der Waals surface area contributed by atoms with Crippen molar-refractivity contribution < 1.29 is 0 Å². The first kappa shape index (κ1) is 12.9. The van der Waals surface area contributed by atoms with E-state index in [0.717, 1.165) is 35.3 Å². The van der Waals surface area contributed by atoms with Gasteiger partial charge in [-0.25, -0.2) is 4.98 Å². The first-order valence-electron chi connectivity index (χ1n) is 6.98. The summed E-state index contributed by atoms with van der Waals surface area (Å²) in [5, 5.41) is 0. The fourth-order valence-corrected chi connectivity index (χ4v) is 2.44. The van der Waals surface area contributed by atoms with Crippen LogP contribution < -0.4 is 5.73 Å². The lowest BCUT2D eigenvalue weighted by Gasteiger charge is -2.00. The van der Waals surface area contributed by atoms with Crippen molar-refractivity contribution in [2.75, 3.05) is 0 Å². The number of hydrogen-bond donors (Lipinski definition) is 2. The second kappa shape index (κ2) is 5.47. The maximum atomic E-state index is 5.75. The van der Waals surface area contributed by atoms with E-state index in [9.17, 15) is 0 Å². The van der Waals surface area contributed by atoms with Crippen LogP contribution in [0.5, 0.6) is 0 Å². The molecule has 20 heavy (non-hydrogen) atoms. The predicted octanol–water partition coefficient (Wildman–Crippen LogP) is 3.12. The van der Waals surface area contributed by atoms with Crippen LogP contribution in [0, 0.1) is 6.92 Å². The van der Waals surface area contributed by atoms with Crippen molar-refractivity contribution in [3.05, 3.63) is 65.0 Å². The van der Waals surface area contributed by atoms with Gasteiger partial charge in [-0.05, 0) is 30.5 Å². The number of aryl methyl sites for hydroxylation is 3. The second-order valence-electron chi connectivity index (χ2n) is 5.19. The molecule has 3 nitrogen and oxygen atoms in total. The summed E-state index contributed by atoms with van der Waals surface area (Å²) in [6.07, 6.45) is 1.92. The van der Waals surface area contributed by atoms with Gasteiger partial charge in [0, 0.05) is 13.0 Å². The molecular weight excluding hydrogens is 246 g/mol. The lowest BCUT2D eigenvalue weighted by molar-refractivity contribution is 0.889. The summed E-state index contributed by atoms with van der Waals surface area (Å²) in [6.45, 7) is 2.64. The molecule has 0 saturated carbocycles. The number of H-pyrrole nitrogens is 1. The maximum Gasteiger partial charge on any atom is 0.107 e. The number of benzene rings is 2. The van der Waals surface area contributed by atoms with E-state index in [1.165, 1.54) is 11.1 Å². The summed E-state index contributed by atoms with van der Waals surface area (Å²) in [5.41, 5.74) is 11.6. The standard InChI is InChI=1S/C17H19N3/c1-12-5-7-13(8-6-12)9-10-16-19-15-4-2-3-14(11-18)17(15)20-16/h2-8H,9-11,18H2,1H3,(H,19,20). The molecule has 2 aromatic carbocycles. The summed E-state index contributed by atoms with van der Waals surface area (Å²) < 4.78 is 0. The molecule has 3 N–H and O–H groups in total. The molecule has 0 fully saturated rings. The number of hydrogen-bond acceptors (Lipinski definition) is 2. The van der Waals surface area contributed by atoms with Crippen LogP contribution in [0.2, 0.25) is 0 Å². The van der Waals surface area contributed by atoms with Crippen LogP contribution in [0.1, 0.15) is 22.5 Å². The predicted molar refractivity (Wildman–Crippen MR) is 82.6 cm³/mol. The lowest BCUT2D eigenvalue weighted by Crippen LogP contribution is -1.97. The number of aromatic nitrogens is 2. The smallest absolute Gasteiger partial charge is 0.107 e. The Hall–Kier alpha value is -2.13. The number of aromatic amines is 1. The molecule has 0 aliphatic rings. The molecular formula is C17H19N3. The molecule has 0 amide bonds. The number of fused-ring (bicyclic) bond motifs is 1. The van der Waals surface area contributed by atoms with E-state index in [1.807, 2.05) is 12.1 Å². The Morgan fingerprint density at radius 2 is 1.85 bits per heavy atom. The number of rotatable bonds is 4. The second-order valence-corrected chi connectivity index (χ2v) is 5.19. The minimum Gasteiger partial charge on any atom is -0.342 e. The van der Waals surface area contributed by atoms with Crippen LogP contribution in [-0.4, -0.2) is 9.97 Å². The van der Waals surface area contributed by atoms with Gasteiger partial charge in [0.15, 0.2) is 0 Å². The Kier molecular flexibility index (Phi) is 3.52. The van der Waals surface area contributed by atoms with Crippen molar-refractivity contribution in [2.45, 2.75) is 26.3 Å². The van der Waals surface area contributed by atoms with Crippen molar-refractivity contribution in [3.8, 4) is 0 Å². The van der Waals surface area contributed by atoms with Gasteiger partial charge in [0.25, 0.3) is 0 Å². The van der Waals surface area contributed by atoms with Crippen LogP contribution in [-0.2, 0) is 19.4 Å². The van der Waals surface area contributed by atoms with E-state index in [-0.39, 0.29) is 0 Å². The molecule has 0 atom stereocenters. The number of nitrogens with one attached hydrogen (secondary N) is 1. The molecule has 3 heteroatoms. The molecule has 0 radical (unpaired) electrons. The Bertz CT molecular complexity index is 711. The first-order valence-corrected chi connectivity index (χ1v) is 6.98. The van der Waals surface area contributed by atoms with Gasteiger partial charge in [0.2, 0.25) is 0 Å². The van der Waals surface area contributed by atoms with E-state index in [2.05, 4.69) is 47.2 Å². The van der Waals surface area contributed by atoms with E-state index >= 15 is 0 Å². The number of nitrogens with zero attached hydrogens (tertiary/aromatic N) is 1. The highest BCUT2D eigenvalue weighted by atomic mass is 14.9. The number of imidazole rings is 1. The van der Waals surface area contributed by atoms with Crippen molar-refractivity contribution >= 4 is 11.0 Å². The highest BCUT2D eigenvalue weighted by Crippen LogP contribution is 2.17. The Balaban J connectivity index is 1.79. The summed E-state index contributed by atoms with van der Waals surface area (Å²) in [4.78, 5) is 8.07. The molecule has 3 rings (SSSR count). The van der Waals surface area contributed by atoms with Crippen molar-refractivity contribution in [1.82, 2.24) is 9.97 Å². The van der Waals surface area contributed by atoms with Gasteiger partial charge >= 0.3 is 0 Å². The fraction of sp³-hybridized carbons (Fsp3) is 0.235. The van der Waals surface area contributed by atoms with Crippen LogP contribution in [0.4, 0.5) is 0 Å². The molecule has 0 aliphatic carbocycles. The summed E-state index contributed by atoms with van der Waals surface area (Å²) in [5.74, 6) is 1.03. The molecule has 0 unspecified atom stereocenters. The number of nitrogens with two attached hydrogens (primary N) is 1. The van der Waals surface area contributed by atoms with Crippen molar-refractivity contribution in [2.24, 2.45) is 5.73 Å². The third-order valence-electron chi connectivity index (χ3n) is 3.64. The summed E-state index contributed by atoms with van der Waals surface area (Å²) in [6, 6.07) is 14.8. The molecule has 0 aliphatic heterocycles. The van der Waals surface area contributed by atoms with Crippen LogP contribution in [0.3, 0.4) is 0 Å². The first-order chi connectivity index (χ1) is 9.76. The van der Waals surface area contributed by atoms with Gasteiger partial charge in [-0.15, -0.1) is 0 Å². The van der Waals surface area contributed by atoms with Gasteiger partial charge < -0.3 is 10.7 Å². The monoisotopic (exact) mass is 265 g/mol. The van der Waals surface area contributed by atoms with Crippen LogP contribution >= 0.6 is 0 Å². The minimum absolute atomic E-state index is 0.527. The Morgan fingerprint density at radius 1 is 1.05 bits per heavy atom. The quantitative estimate of drug-likeness (QED) is 0.761. The number of para-hydroxylation sites is 1. The van der Waals surface area contributed by atoms with E-state index in [1.54, 1.807) is 0 Å². The van der Waals surface area contributed by atoms with Crippen molar-refractivity contribution in [3.63, 3.8) is 0 Å². The molecule has 1 aromatic heterocycles. The topological polar surface area (TPSA) is 54.7 Å². The largest absolute Gasteiger partial charge is 0.342 e. The molecule has 102 valence electrons. The summed E-state index contributed by atoms with van der Waals surface area (Å²) >= 11 is 0. The Morgan fingerprint density at radius 3 is 2.60 bits per heavy atom. The SMILES string of the molecule is Cc1ccc(CCc2nc3c(CN)cccc3[nH]2)cc1. The van der Waals surface area contributed by atoms with Gasteiger partial charge in [0.1, 0.15) is 5.82 Å². The van der Waals surface area contributed by atoms with E-state index in [4.69, 9.17) is 5.73 Å². The average Bonchev–Trinajstić information content (AvgIpc) is 2.89. The lowest BCUT2D eigenvalue weighted by atomic mass is 10.1. The minimum atomic E-state index is 0.527. The highest BCUT2D eigenvalue weighted by Gasteiger charge is 2.06. The van der Waals surface area contributed by atoms with E-state index < -0.39 is 0 Å². The fourth-order valence-electron chi connectivity index (χ4n) is 2.44. The Labute approximate surface area is 118 Å². The van der Waals surface area contributed by atoms with E-state index in [0.29, 0.717) is 6.54 Å². The molecule has 0 saturated heterocycles. The maximum absolute atomic E-state index is 5.75. The molecule has 1 heterocycles. The third kappa shape index (κ3) is 2.58. The molecule has 3 aromatic rings. The van der Waals surface area contributed by atoms with Gasteiger partial charge in [-0.2, -0.15) is 0 Å². The van der Waals surface area contributed by atoms with Crippen molar-refractivity contribution in [1.29, 1.82) is 0 Å². The summed E-state index contributed by atoms with van der Waals surface area (Å²) in [7, 11) is 0. The normalized spacial score (nSPS) is 11.1. The zero-order valence-electron chi connectivity index (χ0n) is 11.7.